The highest BCUT2D eigenvalue weighted by molar-refractivity contribution is 5.76. The summed E-state index contributed by atoms with van der Waals surface area (Å²) in [6, 6.07) is 0. The fourth-order valence-corrected chi connectivity index (χ4v) is 1.27. The summed E-state index contributed by atoms with van der Waals surface area (Å²) in [6.45, 7) is 17.4. The Balaban J connectivity index is -0.000000579. The second-order valence-electron chi connectivity index (χ2n) is 4.86. The van der Waals surface area contributed by atoms with Crippen LogP contribution in [0.4, 0.5) is 0 Å². The number of ether oxygens (including phenoxy) is 1. The van der Waals surface area contributed by atoms with E-state index >= 15 is 0 Å². The van der Waals surface area contributed by atoms with Crippen molar-refractivity contribution in [2.24, 2.45) is 11.3 Å². The summed E-state index contributed by atoms with van der Waals surface area (Å²) >= 11 is 0. The first-order chi connectivity index (χ1) is 8.84. The Morgan fingerprint density at radius 2 is 1.58 bits per heavy atom. The molecule has 0 spiro atoms. The first-order valence-corrected chi connectivity index (χ1v) is 7.66. The quantitative estimate of drug-likeness (QED) is 0.680. The average Bonchev–Trinajstić information content (AvgIpc) is 2.41. The van der Waals surface area contributed by atoms with Crippen LogP contribution in [0.3, 0.4) is 0 Å². The largest absolute Gasteiger partial charge is 0.464 e. The van der Waals surface area contributed by atoms with Crippen LogP contribution in [0.2, 0.25) is 0 Å². The second-order valence-corrected chi connectivity index (χ2v) is 4.86. The molecule has 0 aromatic heterocycles. The lowest BCUT2D eigenvalue weighted by molar-refractivity contribution is -0.158. The average molecular weight is 275 g/mol. The number of nitrogens with zero attached hydrogens (tertiary/aromatic N) is 1. The third kappa shape index (κ3) is 9.94. The molecule has 118 valence electrons. The van der Waals surface area contributed by atoms with Crippen molar-refractivity contribution in [2.75, 3.05) is 27.2 Å². The van der Waals surface area contributed by atoms with E-state index in [1.165, 1.54) is 0 Å². The summed E-state index contributed by atoms with van der Waals surface area (Å²) < 4.78 is 5.29. The summed E-state index contributed by atoms with van der Waals surface area (Å²) in [7, 11) is 3.94. The molecule has 0 bridgehead atoms. The fraction of sp³-hybridized carbons (Fsp3) is 0.938. The molecule has 0 aliphatic carbocycles. The summed E-state index contributed by atoms with van der Waals surface area (Å²) in [5.41, 5.74) is -0.341. The molecule has 0 saturated carbocycles. The van der Waals surface area contributed by atoms with Crippen molar-refractivity contribution >= 4 is 5.97 Å². The highest BCUT2D eigenvalue weighted by Gasteiger charge is 2.36. The van der Waals surface area contributed by atoms with Crippen LogP contribution in [0, 0.1) is 11.3 Å². The molecular weight excluding hydrogens is 238 g/mol. The van der Waals surface area contributed by atoms with Gasteiger partial charge in [0.25, 0.3) is 0 Å². The minimum Gasteiger partial charge on any atom is -0.464 e. The number of hydrogen-bond acceptors (Lipinski definition) is 3. The Morgan fingerprint density at radius 3 is 1.84 bits per heavy atom. The molecule has 0 radical (unpaired) electrons. The molecule has 0 aliphatic rings. The zero-order chi connectivity index (χ0) is 16.1. The lowest BCUT2D eigenvalue weighted by Gasteiger charge is -2.30. The normalized spacial score (nSPS) is 12.8. The first-order valence-electron chi connectivity index (χ1n) is 7.66. The van der Waals surface area contributed by atoms with Gasteiger partial charge >= 0.3 is 5.97 Å². The zero-order valence-electron chi connectivity index (χ0n) is 15.0. The van der Waals surface area contributed by atoms with Crippen molar-refractivity contribution in [1.82, 2.24) is 4.90 Å². The molecule has 1 atom stereocenters. The van der Waals surface area contributed by atoms with E-state index in [9.17, 15) is 4.79 Å². The van der Waals surface area contributed by atoms with Crippen LogP contribution in [-0.2, 0) is 9.53 Å². The van der Waals surface area contributed by atoms with Crippen LogP contribution >= 0.6 is 0 Å². The minimum absolute atomic E-state index is 0.0677. The molecule has 0 saturated heterocycles. The van der Waals surface area contributed by atoms with Gasteiger partial charge in [0.15, 0.2) is 0 Å². The van der Waals surface area contributed by atoms with E-state index in [4.69, 9.17) is 4.74 Å². The van der Waals surface area contributed by atoms with Crippen LogP contribution in [-0.4, -0.2) is 38.1 Å². The van der Waals surface area contributed by atoms with E-state index in [1.54, 1.807) is 0 Å². The third-order valence-electron chi connectivity index (χ3n) is 3.25. The molecule has 1 unspecified atom stereocenters. The van der Waals surface area contributed by atoms with Gasteiger partial charge in [-0.05, 0) is 33.4 Å². The van der Waals surface area contributed by atoms with Crippen LogP contribution in [0.15, 0.2) is 0 Å². The molecule has 0 fully saturated rings. The van der Waals surface area contributed by atoms with E-state index in [0.717, 1.165) is 13.0 Å². The maximum atomic E-state index is 11.9. The molecule has 0 N–H and O–H groups in total. The zero-order valence-corrected chi connectivity index (χ0v) is 15.0. The van der Waals surface area contributed by atoms with Crippen LogP contribution in [0.1, 0.15) is 61.8 Å². The fourth-order valence-electron chi connectivity index (χ4n) is 1.27. The molecule has 0 aromatic rings. The molecule has 0 rings (SSSR count). The second kappa shape index (κ2) is 13.9. The molecule has 0 aromatic carbocycles. The van der Waals surface area contributed by atoms with Crippen molar-refractivity contribution in [3.05, 3.63) is 0 Å². The van der Waals surface area contributed by atoms with E-state index in [0.29, 0.717) is 12.5 Å². The minimum atomic E-state index is -0.341. The van der Waals surface area contributed by atoms with E-state index in [-0.39, 0.29) is 11.4 Å². The van der Waals surface area contributed by atoms with Gasteiger partial charge in [-0.25, -0.2) is 0 Å². The molecule has 3 nitrogen and oxygen atoms in total. The summed E-state index contributed by atoms with van der Waals surface area (Å²) in [5, 5.41) is 0. The van der Waals surface area contributed by atoms with Crippen molar-refractivity contribution in [1.29, 1.82) is 0 Å². The number of hydrogen-bond donors (Lipinski definition) is 0. The lowest BCUT2D eigenvalue weighted by atomic mass is 9.77. The smallest absolute Gasteiger partial charge is 0.312 e. The van der Waals surface area contributed by atoms with Gasteiger partial charge in [0.2, 0.25) is 0 Å². The van der Waals surface area contributed by atoms with Gasteiger partial charge in [-0.15, -0.1) is 0 Å². The number of likely N-dealkylation sites (N-methyl/N-ethyl adjacent to an activating group) is 1. The van der Waals surface area contributed by atoms with Crippen LogP contribution in [0.5, 0.6) is 0 Å². The Morgan fingerprint density at radius 1 is 1.16 bits per heavy atom. The van der Waals surface area contributed by atoms with Crippen molar-refractivity contribution in [3.8, 4) is 0 Å². The number of esters is 1. The number of carbonyl (C=O) groups is 1. The maximum Gasteiger partial charge on any atom is 0.312 e. The molecular formula is C16H37NO2. The third-order valence-corrected chi connectivity index (χ3v) is 3.25. The maximum absolute atomic E-state index is 11.9. The Kier molecular flexibility index (Phi) is 17.1. The molecule has 0 heterocycles. The summed E-state index contributed by atoms with van der Waals surface area (Å²) in [4.78, 5) is 13.9. The molecule has 3 heteroatoms. The molecule has 19 heavy (non-hydrogen) atoms. The summed E-state index contributed by atoms with van der Waals surface area (Å²) in [5.74, 6) is 0.246. The van der Waals surface area contributed by atoms with Crippen LogP contribution < -0.4 is 0 Å². The van der Waals surface area contributed by atoms with Gasteiger partial charge in [0.1, 0.15) is 6.61 Å². The standard InChI is InChI=1S/C12H25NO2.2C2H6/c1-7-12(4,10(2)3)11(14)15-9-8-13(5)6;2*1-2/h10H,7-9H2,1-6H3;2*1-2H3. The predicted octanol–water partition coefficient (Wildman–Crippen LogP) is 4.22. The van der Waals surface area contributed by atoms with Gasteiger partial charge in [0.05, 0.1) is 5.41 Å². The summed E-state index contributed by atoms with van der Waals surface area (Å²) in [6.07, 6.45) is 0.825. The van der Waals surface area contributed by atoms with Crippen molar-refractivity contribution < 1.29 is 9.53 Å². The van der Waals surface area contributed by atoms with E-state index < -0.39 is 0 Å². The van der Waals surface area contributed by atoms with Crippen molar-refractivity contribution in [3.63, 3.8) is 0 Å². The van der Waals surface area contributed by atoms with Gasteiger partial charge in [-0.3, -0.25) is 4.79 Å². The van der Waals surface area contributed by atoms with Gasteiger partial charge in [-0.1, -0.05) is 48.5 Å². The van der Waals surface area contributed by atoms with Crippen LogP contribution in [0.25, 0.3) is 0 Å². The predicted molar refractivity (Wildman–Crippen MR) is 85.4 cm³/mol. The van der Waals surface area contributed by atoms with Crippen molar-refractivity contribution in [2.45, 2.75) is 61.8 Å². The van der Waals surface area contributed by atoms with Gasteiger partial charge < -0.3 is 9.64 Å². The topological polar surface area (TPSA) is 29.5 Å². The molecule has 0 amide bonds. The number of rotatable bonds is 6. The van der Waals surface area contributed by atoms with Gasteiger partial charge in [-0.2, -0.15) is 0 Å². The highest BCUT2D eigenvalue weighted by Crippen LogP contribution is 2.32. The first kappa shape index (κ1) is 23.5. The Bertz CT molecular complexity index is 203. The van der Waals surface area contributed by atoms with E-state index in [1.807, 2.05) is 60.5 Å². The van der Waals surface area contributed by atoms with E-state index in [2.05, 4.69) is 13.8 Å². The number of carbonyl (C=O) groups excluding carboxylic acids is 1. The Labute approximate surface area is 121 Å². The lowest BCUT2D eigenvalue weighted by Crippen LogP contribution is -2.35. The monoisotopic (exact) mass is 275 g/mol. The Hall–Kier alpha value is -0.570. The van der Waals surface area contributed by atoms with Gasteiger partial charge in [0, 0.05) is 6.54 Å². The SMILES string of the molecule is CC.CC.CCC(C)(C(=O)OCCN(C)C)C(C)C. The molecule has 0 aliphatic heterocycles. The highest BCUT2D eigenvalue weighted by atomic mass is 16.5.